The van der Waals surface area contributed by atoms with Gasteiger partial charge in [0, 0.05) is 17.0 Å². The highest BCUT2D eigenvalue weighted by Crippen LogP contribution is 2.44. The van der Waals surface area contributed by atoms with Crippen molar-refractivity contribution < 1.29 is 43.5 Å². The van der Waals surface area contributed by atoms with E-state index in [9.17, 15) is 24.6 Å². The normalized spacial score (nSPS) is 18.4. The number of aromatic nitrogens is 1. The van der Waals surface area contributed by atoms with Crippen molar-refractivity contribution in [3.63, 3.8) is 0 Å². The molecule has 2 atom stereocenters. The third kappa shape index (κ3) is 3.10. The van der Waals surface area contributed by atoms with Gasteiger partial charge >= 0.3 is 18.2 Å². The number of aromatic amines is 1. The lowest BCUT2D eigenvalue weighted by atomic mass is 9.93. The SMILES string of the molecule is COC(=O)Oc1cc2c(c3cc(C(=O)OC)[nH]c13)[C@@H](O)[C@@H](O)CN2C(=O)OC. The average molecular weight is 394 g/mol. The largest absolute Gasteiger partial charge is 0.513 e. The van der Waals surface area contributed by atoms with Gasteiger partial charge in [0.05, 0.1) is 39.1 Å². The van der Waals surface area contributed by atoms with Gasteiger partial charge in [-0.1, -0.05) is 0 Å². The Hall–Kier alpha value is -3.31. The number of ether oxygens (including phenoxy) is 4. The lowest BCUT2D eigenvalue weighted by molar-refractivity contribution is 0.0189. The summed E-state index contributed by atoms with van der Waals surface area (Å²) in [6, 6.07) is 2.67. The number of esters is 1. The van der Waals surface area contributed by atoms with Crippen molar-refractivity contribution >= 4 is 34.8 Å². The van der Waals surface area contributed by atoms with Gasteiger partial charge in [0.25, 0.3) is 0 Å². The molecule has 1 aliphatic rings. The van der Waals surface area contributed by atoms with Crippen LogP contribution in [0.1, 0.15) is 22.2 Å². The zero-order chi connectivity index (χ0) is 20.6. The van der Waals surface area contributed by atoms with E-state index in [1.165, 1.54) is 19.2 Å². The van der Waals surface area contributed by atoms with Crippen LogP contribution in [0, 0.1) is 0 Å². The highest BCUT2D eigenvalue weighted by molar-refractivity contribution is 6.03. The summed E-state index contributed by atoms with van der Waals surface area (Å²) >= 11 is 0. The summed E-state index contributed by atoms with van der Waals surface area (Å²) < 4.78 is 19.0. The van der Waals surface area contributed by atoms with Crippen LogP contribution in [0.15, 0.2) is 12.1 Å². The average Bonchev–Trinajstić information content (AvgIpc) is 3.14. The number of aliphatic hydroxyl groups excluding tert-OH is 2. The molecule has 0 saturated carbocycles. The van der Waals surface area contributed by atoms with Crippen LogP contribution in [0.2, 0.25) is 0 Å². The zero-order valence-corrected chi connectivity index (χ0v) is 15.2. The number of methoxy groups -OCH3 is 3. The lowest BCUT2D eigenvalue weighted by Crippen LogP contribution is -2.44. The third-order valence-electron chi connectivity index (χ3n) is 4.38. The van der Waals surface area contributed by atoms with Gasteiger partial charge < -0.3 is 34.1 Å². The standard InChI is InChI=1S/C17H18N2O9/c1-25-15(22)8-4-7-12-9(5-11(13(7)18-8)28-17(24)27-3)19(16(23)26-2)6-10(20)14(12)21/h4-5,10,14,18,20-21H,6H2,1-3H3/t10-,14-/m0/s1. The molecule has 0 saturated heterocycles. The molecule has 11 nitrogen and oxygen atoms in total. The van der Waals surface area contributed by atoms with E-state index in [1.807, 2.05) is 0 Å². The van der Waals surface area contributed by atoms with Crippen LogP contribution in [-0.4, -0.2) is 67.4 Å². The molecule has 0 bridgehead atoms. The molecular weight excluding hydrogens is 376 g/mol. The van der Waals surface area contributed by atoms with Crippen LogP contribution in [0.4, 0.5) is 15.3 Å². The maximum atomic E-state index is 12.2. The van der Waals surface area contributed by atoms with Gasteiger partial charge in [-0.05, 0) is 6.07 Å². The van der Waals surface area contributed by atoms with Gasteiger partial charge in [-0.15, -0.1) is 0 Å². The van der Waals surface area contributed by atoms with E-state index in [0.29, 0.717) is 0 Å². The van der Waals surface area contributed by atoms with E-state index in [-0.39, 0.29) is 40.1 Å². The number of rotatable bonds is 2. The number of fused-ring (bicyclic) bond motifs is 3. The molecule has 3 rings (SSSR count). The van der Waals surface area contributed by atoms with Crippen LogP contribution in [0.25, 0.3) is 10.9 Å². The summed E-state index contributed by atoms with van der Waals surface area (Å²) in [7, 11) is 3.47. The van der Waals surface area contributed by atoms with Crippen molar-refractivity contribution in [2.24, 2.45) is 0 Å². The first-order valence-electron chi connectivity index (χ1n) is 8.07. The van der Waals surface area contributed by atoms with Crippen molar-refractivity contribution in [1.29, 1.82) is 0 Å². The summed E-state index contributed by atoms with van der Waals surface area (Å²) in [5.41, 5.74) is 0.481. The Morgan fingerprint density at radius 2 is 1.82 bits per heavy atom. The number of amides is 1. The van der Waals surface area contributed by atoms with E-state index in [0.717, 1.165) is 19.1 Å². The molecule has 2 heterocycles. The first-order valence-corrected chi connectivity index (χ1v) is 8.07. The van der Waals surface area contributed by atoms with Gasteiger partial charge in [-0.2, -0.15) is 0 Å². The van der Waals surface area contributed by atoms with Crippen LogP contribution >= 0.6 is 0 Å². The quantitative estimate of drug-likeness (QED) is 0.386. The van der Waals surface area contributed by atoms with Gasteiger partial charge in [-0.25, -0.2) is 14.4 Å². The zero-order valence-electron chi connectivity index (χ0n) is 15.2. The molecule has 0 fully saturated rings. The number of carbonyl (C=O) groups excluding carboxylic acids is 3. The van der Waals surface area contributed by atoms with Gasteiger partial charge in [0.15, 0.2) is 5.75 Å². The highest BCUT2D eigenvalue weighted by atomic mass is 16.7. The number of hydrogen-bond acceptors (Lipinski definition) is 9. The number of β-amino-alcohol motifs (C(OH)–C–C–N with tert-alkyl or cyclic N) is 1. The number of aliphatic hydroxyl groups is 2. The molecule has 150 valence electrons. The Morgan fingerprint density at radius 3 is 2.43 bits per heavy atom. The Morgan fingerprint density at radius 1 is 1.11 bits per heavy atom. The van der Waals surface area contributed by atoms with Crippen molar-refractivity contribution in [3.05, 3.63) is 23.4 Å². The molecule has 1 aromatic carbocycles. The summed E-state index contributed by atoms with van der Waals surface area (Å²) in [5, 5.41) is 21.0. The molecule has 0 spiro atoms. The van der Waals surface area contributed by atoms with E-state index in [1.54, 1.807) is 0 Å². The molecule has 1 aromatic heterocycles. The number of anilines is 1. The Bertz CT molecular complexity index is 952. The number of benzene rings is 1. The van der Waals surface area contributed by atoms with Crippen molar-refractivity contribution in [1.82, 2.24) is 4.98 Å². The van der Waals surface area contributed by atoms with Crippen molar-refractivity contribution in [3.8, 4) is 5.75 Å². The molecular formula is C17H18N2O9. The Labute approximate surface area is 158 Å². The van der Waals surface area contributed by atoms with Crippen LogP contribution < -0.4 is 9.64 Å². The van der Waals surface area contributed by atoms with Crippen molar-refractivity contribution in [2.75, 3.05) is 32.8 Å². The summed E-state index contributed by atoms with van der Waals surface area (Å²) in [4.78, 5) is 39.6. The second-order valence-corrected chi connectivity index (χ2v) is 5.92. The van der Waals surface area contributed by atoms with Gasteiger partial charge in [0.2, 0.25) is 0 Å². The summed E-state index contributed by atoms with van der Waals surface area (Å²) in [5.74, 6) is -0.766. The summed E-state index contributed by atoms with van der Waals surface area (Å²) in [6.45, 7) is -0.252. The van der Waals surface area contributed by atoms with Gasteiger partial charge in [0.1, 0.15) is 17.9 Å². The molecule has 0 aliphatic carbocycles. The highest BCUT2D eigenvalue weighted by Gasteiger charge is 2.37. The van der Waals surface area contributed by atoms with Crippen LogP contribution in [0.5, 0.6) is 5.75 Å². The predicted molar refractivity (Wildman–Crippen MR) is 93.4 cm³/mol. The number of nitrogens with zero attached hydrogens (tertiary/aromatic N) is 1. The lowest BCUT2D eigenvalue weighted by Gasteiger charge is -2.35. The first kappa shape index (κ1) is 19.5. The predicted octanol–water partition coefficient (Wildman–Crippen LogP) is 1.08. The second-order valence-electron chi connectivity index (χ2n) is 5.92. The number of carbonyl (C=O) groups is 3. The third-order valence-corrected chi connectivity index (χ3v) is 4.38. The molecule has 28 heavy (non-hydrogen) atoms. The number of H-pyrrole nitrogens is 1. The van der Waals surface area contributed by atoms with Crippen molar-refractivity contribution in [2.45, 2.75) is 12.2 Å². The molecule has 0 radical (unpaired) electrons. The maximum absolute atomic E-state index is 12.2. The molecule has 11 heteroatoms. The maximum Gasteiger partial charge on any atom is 0.513 e. The number of hydrogen-bond donors (Lipinski definition) is 3. The summed E-state index contributed by atoms with van der Waals surface area (Å²) in [6.07, 6.45) is -4.50. The Kier molecular flexibility index (Phi) is 5.12. The smallest absolute Gasteiger partial charge is 0.464 e. The minimum atomic E-state index is -1.37. The second kappa shape index (κ2) is 7.37. The van der Waals surface area contributed by atoms with E-state index in [2.05, 4.69) is 14.5 Å². The molecule has 1 amide bonds. The van der Waals surface area contributed by atoms with Crippen LogP contribution in [0.3, 0.4) is 0 Å². The minimum Gasteiger partial charge on any atom is -0.464 e. The number of nitrogens with one attached hydrogen (secondary N) is 1. The molecule has 2 aromatic rings. The van der Waals surface area contributed by atoms with Gasteiger partial charge in [-0.3, -0.25) is 4.90 Å². The fourth-order valence-corrected chi connectivity index (χ4v) is 3.10. The monoisotopic (exact) mass is 394 g/mol. The topological polar surface area (TPSA) is 148 Å². The van der Waals surface area contributed by atoms with E-state index >= 15 is 0 Å². The van der Waals surface area contributed by atoms with E-state index < -0.39 is 30.4 Å². The minimum absolute atomic E-state index is 0.0116. The molecule has 0 unspecified atom stereocenters. The molecule has 3 N–H and O–H groups in total. The van der Waals surface area contributed by atoms with Crippen LogP contribution in [-0.2, 0) is 14.2 Å². The molecule has 1 aliphatic heterocycles. The first-order chi connectivity index (χ1) is 13.3. The Balaban J connectivity index is 2.31. The van der Waals surface area contributed by atoms with E-state index in [4.69, 9.17) is 9.47 Å². The fourth-order valence-electron chi connectivity index (χ4n) is 3.10. The fraction of sp³-hybridized carbons (Fsp3) is 0.353.